The highest BCUT2D eigenvalue weighted by Gasteiger charge is 2.19. The number of rotatable bonds is 3. The maximum absolute atomic E-state index is 13.4. The number of hydrogen-bond acceptors (Lipinski definition) is 2. The Morgan fingerprint density at radius 1 is 1.57 bits per heavy atom. The molecule has 14 heavy (non-hydrogen) atoms. The normalized spacial score (nSPS) is 15.2. The summed E-state index contributed by atoms with van der Waals surface area (Å²) in [4.78, 5) is 0. The van der Waals surface area contributed by atoms with Gasteiger partial charge in [-0.3, -0.25) is 0 Å². The summed E-state index contributed by atoms with van der Waals surface area (Å²) in [5, 5.41) is 9.73. The van der Waals surface area contributed by atoms with Crippen LogP contribution in [0, 0.1) is 11.7 Å². The molecule has 0 radical (unpaired) electrons. The van der Waals surface area contributed by atoms with Gasteiger partial charge in [0.05, 0.1) is 11.1 Å². The average molecular weight is 218 g/mol. The van der Waals surface area contributed by atoms with Crippen LogP contribution in [0.2, 0.25) is 5.02 Å². The Labute approximate surface area is 87.5 Å². The van der Waals surface area contributed by atoms with Crippen molar-refractivity contribution in [3.63, 3.8) is 0 Å². The van der Waals surface area contributed by atoms with Crippen LogP contribution >= 0.6 is 11.6 Å². The fourth-order valence-corrected chi connectivity index (χ4v) is 1.37. The van der Waals surface area contributed by atoms with Crippen LogP contribution in [-0.4, -0.2) is 11.7 Å². The molecule has 1 aromatic rings. The topological polar surface area (TPSA) is 46.2 Å². The largest absolute Gasteiger partial charge is 0.388 e. The first-order valence-corrected chi connectivity index (χ1v) is 4.77. The average Bonchev–Trinajstić information content (AvgIpc) is 2.20. The van der Waals surface area contributed by atoms with E-state index in [0.29, 0.717) is 6.54 Å². The molecule has 4 heteroatoms. The summed E-state index contributed by atoms with van der Waals surface area (Å²) < 4.78 is 13.4. The third-order valence-corrected chi connectivity index (χ3v) is 2.50. The molecule has 2 atom stereocenters. The zero-order chi connectivity index (χ0) is 10.7. The molecule has 3 N–H and O–H groups in total. The molecule has 0 aliphatic rings. The summed E-state index contributed by atoms with van der Waals surface area (Å²) in [5.41, 5.74) is 5.59. The van der Waals surface area contributed by atoms with E-state index in [-0.39, 0.29) is 16.5 Å². The molecule has 0 spiro atoms. The number of nitrogens with two attached hydrogens (primary N) is 1. The Hall–Kier alpha value is -0.640. The van der Waals surface area contributed by atoms with Crippen molar-refractivity contribution in [2.75, 3.05) is 6.54 Å². The predicted octanol–water partition coefficient (Wildman–Crippen LogP) is 2.11. The summed E-state index contributed by atoms with van der Waals surface area (Å²) in [7, 11) is 0. The van der Waals surface area contributed by atoms with Gasteiger partial charge < -0.3 is 10.8 Å². The standard InChI is InChI=1S/C10H13ClFNO/c1-6(5-13)10(14)7-3-2-4-8(11)9(7)12/h2-4,6,10,14H,5,13H2,1H3. The van der Waals surface area contributed by atoms with Crippen molar-refractivity contribution < 1.29 is 9.50 Å². The van der Waals surface area contributed by atoms with Gasteiger partial charge in [-0.05, 0) is 18.5 Å². The third-order valence-electron chi connectivity index (χ3n) is 2.21. The minimum atomic E-state index is -0.904. The molecule has 1 aromatic carbocycles. The van der Waals surface area contributed by atoms with Crippen molar-refractivity contribution in [3.05, 3.63) is 34.6 Å². The van der Waals surface area contributed by atoms with E-state index in [0.717, 1.165) is 0 Å². The molecule has 1 rings (SSSR count). The number of aliphatic hydroxyl groups excluding tert-OH is 1. The van der Waals surface area contributed by atoms with Crippen LogP contribution in [0.3, 0.4) is 0 Å². The van der Waals surface area contributed by atoms with E-state index in [2.05, 4.69) is 0 Å². The molecular weight excluding hydrogens is 205 g/mol. The van der Waals surface area contributed by atoms with Crippen molar-refractivity contribution in [2.24, 2.45) is 11.7 Å². The lowest BCUT2D eigenvalue weighted by Crippen LogP contribution is -2.19. The quantitative estimate of drug-likeness (QED) is 0.815. The molecule has 78 valence electrons. The van der Waals surface area contributed by atoms with Crippen LogP contribution in [0.1, 0.15) is 18.6 Å². The molecule has 0 aliphatic carbocycles. The molecular formula is C10H13ClFNO. The molecule has 0 heterocycles. The van der Waals surface area contributed by atoms with Gasteiger partial charge in [-0.15, -0.1) is 0 Å². The van der Waals surface area contributed by atoms with Crippen LogP contribution < -0.4 is 5.73 Å². The lowest BCUT2D eigenvalue weighted by Gasteiger charge is -2.18. The highest BCUT2D eigenvalue weighted by Crippen LogP contribution is 2.27. The number of benzene rings is 1. The van der Waals surface area contributed by atoms with Crippen LogP contribution in [0.25, 0.3) is 0 Å². The Kier molecular flexibility index (Phi) is 3.86. The van der Waals surface area contributed by atoms with Gasteiger partial charge in [-0.1, -0.05) is 30.7 Å². The molecule has 0 saturated carbocycles. The Balaban J connectivity index is 3.01. The van der Waals surface area contributed by atoms with Gasteiger partial charge in [-0.25, -0.2) is 4.39 Å². The molecule has 0 aliphatic heterocycles. The summed E-state index contributed by atoms with van der Waals surface area (Å²) >= 11 is 5.59. The van der Waals surface area contributed by atoms with Crippen molar-refractivity contribution in [2.45, 2.75) is 13.0 Å². The summed E-state index contributed by atoms with van der Waals surface area (Å²) in [6.45, 7) is 2.05. The van der Waals surface area contributed by atoms with E-state index in [1.165, 1.54) is 12.1 Å². The molecule has 2 unspecified atom stereocenters. The number of aliphatic hydroxyl groups is 1. The van der Waals surface area contributed by atoms with E-state index in [1.54, 1.807) is 13.0 Å². The molecule has 0 saturated heterocycles. The van der Waals surface area contributed by atoms with E-state index in [4.69, 9.17) is 17.3 Å². The van der Waals surface area contributed by atoms with Gasteiger partial charge in [0.15, 0.2) is 0 Å². The fourth-order valence-electron chi connectivity index (χ4n) is 1.18. The van der Waals surface area contributed by atoms with Crippen LogP contribution in [0.4, 0.5) is 4.39 Å². The number of halogens is 2. The zero-order valence-electron chi connectivity index (χ0n) is 7.87. The van der Waals surface area contributed by atoms with Crippen LogP contribution in [-0.2, 0) is 0 Å². The molecule has 2 nitrogen and oxygen atoms in total. The second-order valence-electron chi connectivity index (χ2n) is 3.30. The van der Waals surface area contributed by atoms with Crippen molar-refractivity contribution in [1.29, 1.82) is 0 Å². The SMILES string of the molecule is CC(CN)C(O)c1cccc(Cl)c1F. The minimum absolute atomic E-state index is 0.0192. The Morgan fingerprint density at radius 2 is 2.21 bits per heavy atom. The smallest absolute Gasteiger partial charge is 0.147 e. The highest BCUT2D eigenvalue weighted by molar-refractivity contribution is 6.30. The first kappa shape index (κ1) is 11.4. The van der Waals surface area contributed by atoms with E-state index in [1.807, 2.05) is 0 Å². The van der Waals surface area contributed by atoms with E-state index < -0.39 is 11.9 Å². The predicted molar refractivity (Wildman–Crippen MR) is 54.6 cm³/mol. The highest BCUT2D eigenvalue weighted by atomic mass is 35.5. The minimum Gasteiger partial charge on any atom is -0.388 e. The zero-order valence-corrected chi connectivity index (χ0v) is 8.63. The maximum atomic E-state index is 13.4. The lowest BCUT2D eigenvalue weighted by molar-refractivity contribution is 0.118. The van der Waals surface area contributed by atoms with Gasteiger partial charge in [0.1, 0.15) is 5.82 Å². The van der Waals surface area contributed by atoms with Crippen LogP contribution in [0.15, 0.2) is 18.2 Å². The van der Waals surface area contributed by atoms with Crippen molar-refractivity contribution >= 4 is 11.6 Å². The van der Waals surface area contributed by atoms with Gasteiger partial charge in [0, 0.05) is 5.56 Å². The van der Waals surface area contributed by atoms with Gasteiger partial charge in [0.25, 0.3) is 0 Å². The first-order valence-electron chi connectivity index (χ1n) is 4.40. The lowest BCUT2D eigenvalue weighted by atomic mass is 9.97. The fraction of sp³-hybridized carbons (Fsp3) is 0.400. The summed E-state index contributed by atoms with van der Waals surface area (Å²) in [5.74, 6) is -0.759. The van der Waals surface area contributed by atoms with Crippen molar-refractivity contribution in [1.82, 2.24) is 0 Å². The van der Waals surface area contributed by atoms with Gasteiger partial charge in [-0.2, -0.15) is 0 Å². The van der Waals surface area contributed by atoms with Crippen LogP contribution in [0.5, 0.6) is 0 Å². The van der Waals surface area contributed by atoms with Crippen molar-refractivity contribution in [3.8, 4) is 0 Å². The molecule has 0 fully saturated rings. The summed E-state index contributed by atoms with van der Waals surface area (Å²) in [6, 6.07) is 4.56. The van der Waals surface area contributed by atoms with Gasteiger partial charge in [0.2, 0.25) is 0 Å². The first-order chi connectivity index (χ1) is 6.57. The Bertz CT molecular complexity index is 319. The van der Waals surface area contributed by atoms with E-state index >= 15 is 0 Å². The Morgan fingerprint density at radius 3 is 2.79 bits per heavy atom. The second-order valence-corrected chi connectivity index (χ2v) is 3.71. The van der Waals surface area contributed by atoms with Gasteiger partial charge >= 0.3 is 0 Å². The number of hydrogen-bond donors (Lipinski definition) is 2. The van der Waals surface area contributed by atoms with E-state index in [9.17, 15) is 9.50 Å². The molecule has 0 bridgehead atoms. The monoisotopic (exact) mass is 217 g/mol. The maximum Gasteiger partial charge on any atom is 0.147 e. The third kappa shape index (κ3) is 2.23. The molecule has 0 amide bonds. The second kappa shape index (κ2) is 4.73. The molecule has 0 aromatic heterocycles. The summed E-state index contributed by atoms with van der Waals surface area (Å²) in [6.07, 6.45) is -0.904.